The van der Waals surface area contributed by atoms with Crippen molar-refractivity contribution in [2.75, 3.05) is 19.6 Å². The van der Waals surface area contributed by atoms with Crippen LogP contribution < -0.4 is 5.32 Å². The van der Waals surface area contributed by atoms with Crippen molar-refractivity contribution in [3.8, 4) is 0 Å². The molecule has 1 aliphatic carbocycles. The molecule has 3 unspecified atom stereocenters. The molecule has 2 nitrogen and oxygen atoms in total. The monoisotopic (exact) mass is 210 g/mol. The summed E-state index contributed by atoms with van der Waals surface area (Å²) in [6, 6.07) is 1.64. The van der Waals surface area contributed by atoms with E-state index in [4.69, 9.17) is 0 Å². The topological polar surface area (TPSA) is 15.3 Å². The quantitative estimate of drug-likeness (QED) is 0.752. The zero-order chi connectivity index (χ0) is 10.7. The van der Waals surface area contributed by atoms with Gasteiger partial charge in [-0.05, 0) is 25.7 Å². The van der Waals surface area contributed by atoms with Crippen molar-refractivity contribution in [1.29, 1.82) is 0 Å². The van der Waals surface area contributed by atoms with E-state index in [9.17, 15) is 0 Å². The van der Waals surface area contributed by atoms with Crippen LogP contribution in [0.1, 0.15) is 46.0 Å². The first kappa shape index (κ1) is 11.4. The highest BCUT2D eigenvalue weighted by Gasteiger charge is 2.32. The molecule has 0 spiro atoms. The maximum absolute atomic E-state index is 3.49. The van der Waals surface area contributed by atoms with Gasteiger partial charge in [-0.3, -0.25) is 4.90 Å². The molecule has 1 aliphatic heterocycles. The first-order valence-corrected chi connectivity index (χ1v) is 6.79. The molecule has 0 aromatic rings. The molecule has 1 saturated carbocycles. The summed E-state index contributed by atoms with van der Waals surface area (Å²) >= 11 is 0. The summed E-state index contributed by atoms with van der Waals surface area (Å²) in [6.45, 7) is 8.40. The lowest BCUT2D eigenvalue weighted by Gasteiger charge is -2.45. The lowest BCUT2D eigenvalue weighted by atomic mass is 9.81. The van der Waals surface area contributed by atoms with Crippen LogP contribution in [-0.4, -0.2) is 36.6 Å². The Kier molecular flexibility index (Phi) is 4.04. The molecule has 1 N–H and O–H groups in total. The largest absolute Gasteiger partial charge is 0.314 e. The molecule has 2 rings (SSSR count). The van der Waals surface area contributed by atoms with Crippen LogP contribution in [0.15, 0.2) is 0 Å². The molecule has 0 bridgehead atoms. The summed E-state index contributed by atoms with van der Waals surface area (Å²) < 4.78 is 0. The van der Waals surface area contributed by atoms with E-state index in [1.165, 1.54) is 51.7 Å². The minimum absolute atomic E-state index is 0.746. The van der Waals surface area contributed by atoms with Crippen molar-refractivity contribution < 1.29 is 0 Å². The molecular weight excluding hydrogens is 184 g/mol. The molecule has 1 saturated heterocycles. The second kappa shape index (κ2) is 5.31. The van der Waals surface area contributed by atoms with E-state index >= 15 is 0 Å². The molecule has 2 fully saturated rings. The van der Waals surface area contributed by atoms with Crippen LogP contribution >= 0.6 is 0 Å². The van der Waals surface area contributed by atoms with Crippen molar-refractivity contribution in [3.05, 3.63) is 0 Å². The van der Waals surface area contributed by atoms with Gasteiger partial charge in [0.2, 0.25) is 0 Å². The number of nitrogens with one attached hydrogen (secondary N) is 1. The van der Waals surface area contributed by atoms with E-state index in [0.29, 0.717) is 0 Å². The van der Waals surface area contributed by atoms with Gasteiger partial charge in [-0.15, -0.1) is 0 Å². The molecule has 0 aromatic carbocycles. The second-order valence-electron chi connectivity index (χ2n) is 5.31. The third kappa shape index (κ3) is 2.54. The molecule has 3 atom stereocenters. The van der Waals surface area contributed by atoms with Crippen LogP contribution in [0.2, 0.25) is 0 Å². The Morgan fingerprint density at radius 3 is 2.80 bits per heavy atom. The predicted octanol–water partition coefficient (Wildman–Crippen LogP) is 2.25. The van der Waals surface area contributed by atoms with Crippen molar-refractivity contribution in [3.63, 3.8) is 0 Å². The van der Waals surface area contributed by atoms with Gasteiger partial charge in [0.25, 0.3) is 0 Å². The van der Waals surface area contributed by atoms with Crippen LogP contribution in [0.25, 0.3) is 0 Å². The van der Waals surface area contributed by atoms with E-state index in [-0.39, 0.29) is 0 Å². The van der Waals surface area contributed by atoms with Gasteiger partial charge in [0, 0.05) is 31.7 Å². The maximum atomic E-state index is 3.49. The summed E-state index contributed by atoms with van der Waals surface area (Å²) in [5, 5.41) is 3.49. The van der Waals surface area contributed by atoms with E-state index in [1.807, 2.05) is 0 Å². The fourth-order valence-electron chi connectivity index (χ4n) is 3.45. The van der Waals surface area contributed by atoms with Crippen LogP contribution in [-0.2, 0) is 0 Å². The second-order valence-corrected chi connectivity index (χ2v) is 5.31. The number of nitrogens with zero attached hydrogens (tertiary/aromatic N) is 1. The molecule has 0 amide bonds. The van der Waals surface area contributed by atoms with Gasteiger partial charge in [0.15, 0.2) is 0 Å². The molecule has 1 heterocycles. The maximum Gasteiger partial charge on any atom is 0.0195 e. The highest BCUT2D eigenvalue weighted by molar-refractivity contribution is 4.88. The summed E-state index contributed by atoms with van der Waals surface area (Å²) in [7, 11) is 0. The smallest absolute Gasteiger partial charge is 0.0195 e. The Bertz CT molecular complexity index is 193. The van der Waals surface area contributed by atoms with Crippen LogP contribution in [0.3, 0.4) is 0 Å². The Morgan fingerprint density at radius 2 is 2.07 bits per heavy atom. The Labute approximate surface area is 94.4 Å². The van der Waals surface area contributed by atoms with E-state index < -0.39 is 0 Å². The van der Waals surface area contributed by atoms with Gasteiger partial charge in [-0.2, -0.15) is 0 Å². The number of hydrogen-bond acceptors (Lipinski definition) is 2. The summed E-state index contributed by atoms with van der Waals surface area (Å²) in [5.41, 5.74) is 0. The standard InChI is InChI=1S/C13H26N2/c1-3-12-6-4-5-7-13(12)15-9-8-14-10-11(15)2/h11-14H,3-10H2,1-2H3. The lowest BCUT2D eigenvalue weighted by molar-refractivity contribution is 0.0521. The fraction of sp³-hybridized carbons (Fsp3) is 1.00. The van der Waals surface area contributed by atoms with Gasteiger partial charge in [0.05, 0.1) is 0 Å². The first-order valence-electron chi connectivity index (χ1n) is 6.79. The first-order chi connectivity index (χ1) is 7.33. The molecule has 2 aliphatic rings. The third-order valence-electron chi connectivity index (χ3n) is 4.37. The van der Waals surface area contributed by atoms with Gasteiger partial charge in [-0.1, -0.05) is 26.2 Å². The summed E-state index contributed by atoms with van der Waals surface area (Å²) in [4.78, 5) is 2.78. The van der Waals surface area contributed by atoms with Crippen LogP contribution in [0, 0.1) is 5.92 Å². The Morgan fingerprint density at radius 1 is 1.27 bits per heavy atom. The Balaban J connectivity index is 1.99. The van der Waals surface area contributed by atoms with E-state index in [0.717, 1.165) is 18.0 Å². The normalized spacial score (nSPS) is 39.2. The number of hydrogen-bond donors (Lipinski definition) is 1. The van der Waals surface area contributed by atoms with Crippen LogP contribution in [0.4, 0.5) is 0 Å². The van der Waals surface area contributed by atoms with Crippen molar-refractivity contribution >= 4 is 0 Å². The van der Waals surface area contributed by atoms with Gasteiger partial charge in [0.1, 0.15) is 0 Å². The molecule has 15 heavy (non-hydrogen) atoms. The van der Waals surface area contributed by atoms with E-state index in [1.54, 1.807) is 0 Å². The number of rotatable bonds is 2. The zero-order valence-electron chi connectivity index (χ0n) is 10.3. The summed E-state index contributed by atoms with van der Waals surface area (Å²) in [5.74, 6) is 0.972. The average Bonchev–Trinajstić information content (AvgIpc) is 2.30. The average molecular weight is 210 g/mol. The highest BCUT2D eigenvalue weighted by atomic mass is 15.2. The molecule has 0 radical (unpaired) electrons. The van der Waals surface area contributed by atoms with Crippen molar-refractivity contribution in [2.45, 2.75) is 58.0 Å². The lowest BCUT2D eigenvalue weighted by Crippen LogP contribution is -2.56. The highest BCUT2D eigenvalue weighted by Crippen LogP contribution is 2.31. The van der Waals surface area contributed by atoms with Gasteiger partial charge in [-0.25, -0.2) is 0 Å². The fourth-order valence-corrected chi connectivity index (χ4v) is 3.45. The molecule has 2 heteroatoms. The van der Waals surface area contributed by atoms with Gasteiger partial charge < -0.3 is 5.32 Å². The minimum Gasteiger partial charge on any atom is -0.314 e. The molecular formula is C13H26N2. The third-order valence-corrected chi connectivity index (χ3v) is 4.37. The zero-order valence-corrected chi connectivity index (χ0v) is 10.3. The van der Waals surface area contributed by atoms with E-state index in [2.05, 4.69) is 24.1 Å². The van der Waals surface area contributed by atoms with Gasteiger partial charge >= 0.3 is 0 Å². The summed E-state index contributed by atoms with van der Waals surface area (Å²) in [6.07, 6.45) is 7.22. The number of piperazine rings is 1. The molecule has 0 aromatic heterocycles. The van der Waals surface area contributed by atoms with Crippen molar-refractivity contribution in [2.24, 2.45) is 5.92 Å². The SMILES string of the molecule is CCC1CCCCC1N1CCNCC1C. The minimum atomic E-state index is 0.746. The Hall–Kier alpha value is -0.0800. The molecule has 88 valence electrons. The van der Waals surface area contributed by atoms with Crippen LogP contribution in [0.5, 0.6) is 0 Å². The predicted molar refractivity (Wildman–Crippen MR) is 65.1 cm³/mol. The van der Waals surface area contributed by atoms with Crippen molar-refractivity contribution in [1.82, 2.24) is 10.2 Å².